The maximum atomic E-state index is 12.8. The van der Waals surface area contributed by atoms with Crippen LogP contribution in [0.4, 0.5) is 0 Å². The molecule has 2 aromatic rings. The third-order valence-corrected chi connectivity index (χ3v) is 4.14. The fourth-order valence-corrected chi connectivity index (χ4v) is 2.94. The Labute approximate surface area is 153 Å². The maximum absolute atomic E-state index is 12.8. The van der Waals surface area contributed by atoms with Crippen molar-refractivity contribution in [2.75, 3.05) is 27.2 Å². The molecule has 0 saturated heterocycles. The van der Waals surface area contributed by atoms with Crippen molar-refractivity contribution in [3.05, 3.63) is 81.5 Å². The topological polar surface area (TPSA) is 29.3 Å². The van der Waals surface area contributed by atoms with E-state index in [1.54, 1.807) is 0 Å². The summed E-state index contributed by atoms with van der Waals surface area (Å²) in [6.07, 6.45) is 1.89. The van der Waals surface area contributed by atoms with Crippen molar-refractivity contribution < 1.29 is 4.74 Å². The third-order valence-electron chi connectivity index (χ3n) is 3.90. The van der Waals surface area contributed by atoms with Gasteiger partial charge in [0.05, 0.1) is 12.1 Å². The number of rotatable bonds is 2. The standard InChI is InChI=1S/C21H19ClN2O/c1-23(2)13-6-9-16-12-14-24(25)21(17-7-4-3-5-8-17)20-15-18(22)10-11-19(16)20/h3-5,7-8,10-12,15H,13-14H2,1-2H3. The lowest BCUT2D eigenvalue weighted by atomic mass is 9.94. The smallest absolute Gasteiger partial charge is 0.226 e. The van der Waals surface area contributed by atoms with Crippen molar-refractivity contribution in [3.63, 3.8) is 0 Å². The summed E-state index contributed by atoms with van der Waals surface area (Å²) in [5, 5.41) is 13.4. The Bertz CT molecular complexity index is 902. The Morgan fingerprint density at radius 1 is 1.12 bits per heavy atom. The van der Waals surface area contributed by atoms with Gasteiger partial charge in [-0.1, -0.05) is 47.7 Å². The molecule has 2 aromatic carbocycles. The van der Waals surface area contributed by atoms with Gasteiger partial charge in [-0.15, -0.1) is 0 Å². The van der Waals surface area contributed by atoms with E-state index in [1.165, 1.54) is 0 Å². The molecule has 0 amide bonds. The van der Waals surface area contributed by atoms with Crippen molar-refractivity contribution in [1.82, 2.24) is 4.90 Å². The van der Waals surface area contributed by atoms with Gasteiger partial charge in [0.15, 0.2) is 6.54 Å². The van der Waals surface area contributed by atoms with Crippen LogP contribution in [0.1, 0.15) is 16.7 Å². The zero-order valence-electron chi connectivity index (χ0n) is 14.3. The third kappa shape index (κ3) is 3.93. The largest absolute Gasteiger partial charge is 0.623 e. The Morgan fingerprint density at radius 2 is 1.88 bits per heavy atom. The first kappa shape index (κ1) is 17.3. The molecule has 126 valence electrons. The second kappa shape index (κ2) is 7.57. The Morgan fingerprint density at radius 3 is 2.60 bits per heavy atom. The molecule has 0 bridgehead atoms. The highest BCUT2D eigenvalue weighted by molar-refractivity contribution is 6.31. The highest BCUT2D eigenvalue weighted by Gasteiger charge is 2.23. The van der Waals surface area contributed by atoms with E-state index in [2.05, 4.69) is 11.8 Å². The van der Waals surface area contributed by atoms with Crippen molar-refractivity contribution in [2.24, 2.45) is 0 Å². The number of fused-ring (bicyclic) bond motifs is 1. The first-order valence-electron chi connectivity index (χ1n) is 8.07. The Hall–Kier alpha value is -2.54. The first-order chi connectivity index (χ1) is 12.1. The SMILES string of the molecule is CN(C)CC#CC1=CC[N+]([O-])=C(c2ccccc2)c2cc(Cl)ccc21. The summed E-state index contributed by atoms with van der Waals surface area (Å²) >= 11 is 6.23. The number of nitrogens with zero attached hydrogens (tertiary/aromatic N) is 2. The maximum Gasteiger partial charge on any atom is 0.226 e. The normalized spacial score (nSPS) is 13.7. The van der Waals surface area contributed by atoms with Crippen LogP contribution in [-0.4, -0.2) is 42.5 Å². The Kier molecular flexibility index (Phi) is 5.23. The fraction of sp³-hybridized carbons (Fsp3) is 0.190. The lowest BCUT2D eigenvalue weighted by Gasteiger charge is -2.11. The first-order valence-corrected chi connectivity index (χ1v) is 8.45. The van der Waals surface area contributed by atoms with Crippen molar-refractivity contribution in [2.45, 2.75) is 0 Å². The van der Waals surface area contributed by atoms with E-state index in [0.29, 0.717) is 17.3 Å². The molecule has 0 unspecified atom stereocenters. The van der Waals surface area contributed by atoms with E-state index in [4.69, 9.17) is 11.6 Å². The zero-order valence-corrected chi connectivity index (χ0v) is 15.0. The fourth-order valence-electron chi connectivity index (χ4n) is 2.76. The predicted octanol–water partition coefficient (Wildman–Crippen LogP) is 3.65. The van der Waals surface area contributed by atoms with Gasteiger partial charge < -0.3 is 5.21 Å². The average molecular weight is 351 g/mol. The van der Waals surface area contributed by atoms with E-state index in [9.17, 15) is 5.21 Å². The quantitative estimate of drug-likeness (QED) is 0.470. The zero-order chi connectivity index (χ0) is 17.8. The van der Waals surface area contributed by atoms with E-state index < -0.39 is 0 Å². The predicted molar refractivity (Wildman–Crippen MR) is 104 cm³/mol. The summed E-state index contributed by atoms with van der Waals surface area (Å²) in [5.74, 6) is 6.36. The number of hydrogen-bond donors (Lipinski definition) is 0. The molecule has 3 rings (SSSR count). The molecule has 25 heavy (non-hydrogen) atoms. The summed E-state index contributed by atoms with van der Waals surface area (Å²) in [6.45, 7) is 0.916. The lowest BCUT2D eigenvalue weighted by molar-refractivity contribution is -0.444. The molecule has 4 heteroatoms. The minimum absolute atomic E-state index is 0.252. The van der Waals surface area contributed by atoms with Gasteiger partial charge in [-0.3, -0.25) is 4.90 Å². The average Bonchev–Trinajstić information content (AvgIpc) is 2.72. The summed E-state index contributed by atoms with van der Waals surface area (Å²) in [5.41, 5.74) is 4.11. The monoisotopic (exact) mass is 350 g/mol. The molecule has 1 heterocycles. The van der Waals surface area contributed by atoms with E-state index in [1.807, 2.05) is 73.6 Å². The van der Waals surface area contributed by atoms with Gasteiger partial charge >= 0.3 is 0 Å². The number of benzene rings is 2. The molecule has 0 aliphatic carbocycles. The summed E-state index contributed by atoms with van der Waals surface area (Å²) in [6, 6.07) is 15.3. The highest BCUT2D eigenvalue weighted by Crippen LogP contribution is 2.27. The molecule has 1 aliphatic heterocycles. The number of halogens is 1. The van der Waals surface area contributed by atoms with Crippen LogP contribution in [-0.2, 0) is 0 Å². The van der Waals surface area contributed by atoms with Crippen LogP contribution in [0.15, 0.2) is 54.6 Å². The van der Waals surface area contributed by atoms with Crippen LogP contribution >= 0.6 is 11.6 Å². The van der Waals surface area contributed by atoms with Crippen LogP contribution in [0.5, 0.6) is 0 Å². The molecule has 0 spiro atoms. The van der Waals surface area contributed by atoms with Gasteiger partial charge in [-0.05, 0) is 44.4 Å². The van der Waals surface area contributed by atoms with Crippen LogP contribution in [0.3, 0.4) is 0 Å². The molecule has 3 nitrogen and oxygen atoms in total. The van der Waals surface area contributed by atoms with Gasteiger partial charge in [0.25, 0.3) is 0 Å². The molecule has 0 saturated carbocycles. The summed E-state index contributed by atoms with van der Waals surface area (Å²) in [4.78, 5) is 2.01. The van der Waals surface area contributed by atoms with E-state index in [-0.39, 0.29) is 6.54 Å². The van der Waals surface area contributed by atoms with Gasteiger partial charge in [-0.2, -0.15) is 0 Å². The Balaban J connectivity index is 2.14. The number of hydroxylamine groups is 1. The van der Waals surface area contributed by atoms with Gasteiger partial charge in [0.2, 0.25) is 5.71 Å². The molecule has 1 aliphatic rings. The van der Waals surface area contributed by atoms with Crippen LogP contribution in [0.2, 0.25) is 5.02 Å². The van der Waals surface area contributed by atoms with Crippen LogP contribution in [0.25, 0.3) is 5.57 Å². The molecule has 0 N–H and O–H groups in total. The van der Waals surface area contributed by atoms with E-state index >= 15 is 0 Å². The van der Waals surface area contributed by atoms with Gasteiger partial charge in [-0.25, -0.2) is 4.74 Å². The molecule has 0 atom stereocenters. The van der Waals surface area contributed by atoms with Crippen molar-refractivity contribution in [3.8, 4) is 11.8 Å². The van der Waals surface area contributed by atoms with Gasteiger partial charge in [0, 0.05) is 21.7 Å². The molecular weight excluding hydrogens is 332 g/mol. The van der Waals surface area contributed by atoms with Crippen molar-refractivity contribution >= 4 is 22.9 Å². The van der Waals surface area contributed by atoms with Crippen LogP contribution in [0, 0.1) is 17.0 Å². The lowest BCUT2D eigenvalue weighted by Crippen LogP contribution is -2.18. The van der Waals surface area contributed by atoms with Gasteiger partial charge in [0.1, 0.15) is 0 Å². The molecule has 0 fully saturated rings. The van der Waals surface area contributed by atoms with Crippen LogP contribution < -0.4 is 0 Å². The second-order valence-electron chi connectivity index (χ2n) is 6.12. The van der Waals surface area contributed by atoms with Crippen molar-refractivity contribution in [1.29, 1.82) is 0 Å². The molecular formula is C21H19ClN2O. The van der Waals surface area contributed by atoms with E-state index in [0.717, 1.165) is 27.0 Å². The highest BCUT2D eigenvalue weighted by atomic mass is 35.5. The minimum Gasteiger partial charge on any atom is -0.623 e. The minimum atomic E-state index is 0.252. The number of hydrogen-bond acceptors (Lipinski definition) is 2. The number of allylic oxidation sites excluding steroid dienone is 1. The second-order valence-corrected chi connectivity index (χ2v) is 6.56. The molecule has 0 aromatic heterocycles. The summed E-state index contributed by atoms with van der Waals surface area (Å²) < 4.78 is 1.01. The summed E-state index contributed by atoms with van der Waals surface area (Å²) in [7, 11) is 3.95. The molecule has 0 radical (unpaired) electrons.